The Balaban J connectivity index is 1.83. The van der Waals surface area contributed by atoms with E-state index in [-0.39, 0.29) is 18.2 Å². The highest BCUT2D eigenvalue weighted by molar-refractivity contribution is 5.75. The summed E-state index contributed by atoms with van der Waals surface area (Å²) in [7, 11) is 0. The summed E-state index contributed by atoms with van der Waals surface area (Å²) in [5, 5.41) is 0. The van der Waals surface area contributed by atoms with Crippen molar-refractivity contribution in [3.05, 3.63) is 41.0 Å². The lowest BCUT2D eigenvalue weighted by atomic mass is 9.93. The second-order valence-corrected chi connectivity index (χ2v) is 7.88. The zero-order chi connectivity index (χ0) is 16.8. The van der Waals surface area contributed by atoms with E-state index in [0.29, 0.717) is 0 Å². The predicted octanol–water partition coefficient (Wildman–Crippen LogP) is 4.86. The predicted molar refractivity (Wildman–Crippen MR) is 93.4 cm³/mol. The van der Waals surface area contributed by atoms with E-state index in [1.54, 1.807) is 0 Å². The fourth-order valence-electron chi connectivity index (χ4n) is 3.58. The monoisotopic (exact) mass is 313 g/mol. The molecule has 2 aliphatic rings. The first-order chi connectivity index (χ1) is 10.7. The van der Waals surface area contributed by atoms with Crippen LogP contribution in [0.4, 0.5) is 4.79 Å². The Morgan fingerprint density at radius 1 is 1.17 bits per heavy atom. The first-order valence-electron chi connectivity index (χ1n) is 8.54. The van der Waals surface area contributed by atoms with Crippen molar-refractivity contribution in [3.8, 4) is 0 Å². The highest BCUT2D eigenvalue weighted by atomic mass is 16.6. The summed E-state index contributed by atoms with van der Waals surface area (Å²) in [5.74, 6) is 0. The Morgan fingerprint density at radius 3 is 2.52 bits per heavy atom. The average molecular weight is 313 g/mol. The summed E-state index contributed by atoms with van der Waals surface area (Å²) < 4.78 is 5.59. The van der Waals surface area contributed by atoms with Crippen LogP contribution in [-0.4, -0.2) is 28.7 Å². The van der Waals surface area contributed by atoms with Gasteiger partial charge in [0.25, 0.3) is 0 Å². The van der Waals surface area contributed by atoms with Crippen molar-refractivity contribution >= 4 is 11.7 Å². The molecule has 0 spiro atoms. The van der Waals surface area contributed by atoms with Crippen LogP contribution in [0.15, 0.2) is 24.3 Å². The second kappa shape index (κ2) is 5.70. The molecule has 3 rings (SSSR count). The van der Waals surface area contributed by atoms with Gasteiger partial charge < -0.3 is 4.74 Å². The van der Waals surface area contributed by atoms with Crippen LogP contribution in [0.3, 0.4) is 0 Å². The largest absolute Gasteiger partial charge is 0.444 e. The highest BCUT2D eigenvalue weighted by Gasteiger charge is 2.41. The molecule has 0 radical (unpaired) electrons. The molecule has 23 heavy (non-hydrogen) atoms. The Morgan fingerprint density at radius 2 is 1.91 bits per heavy atom. The molecule has 1 aromatic carbocycles. The van der Waals surface area contributed by atoms with Gasteiger partial charge in [-0.3, -0.25) is 4.90 Å². The van der Waals surface area contributed by atoms with E-state index < -0.39 is 5.60 Å². The molecule has 3 nitrogen and oxygen atoms in total. The number of amides is 1. The van der Waals surface area contributed by atoms with E-state index in [0.717, 1.165) is 19.3 Å². The lowest BCUT2D eigenvalue weighted by Gasteiger charge is -2.35. The number of aryl methyl sites for hydroxylation is 2. The summed E-state index contributed by atoms with van der Waals surface area (Å²) >= 11 is 0. The molecular formula is C20H27NO2. The van der Waals surface area contributed by atoms with Crippen molar-refractivity contribution in [2.24, 2.45) is 0 Å². The summed E-state index contributed by atoms with van der Waals surface area (Å²) in [6.07, 6.45) is 5.14. The van der Waals surface area contributed by atoms with Crippen molar-refractivity contribution in [2.75, 3.05) is 0 Å². The van der Waals surface area contributed by atoms with Gasteiger partial charge in [0.15, 0.2) is 0 Å². The molecule has 2 atom stereocenters. The molecule has 1 aromatic rings. The number of hydrogen-bond donors (Lipinski definition) is 0. The molecule has 124 valence electrons. The van der Waals surface area contributed by atoms with Gasteiger partial charge in [0.1, 0.15) is 5.60 Å². The number of nitrogens with zero attached hydrogens (tertiary/aromatic N) is 1. The van der Waals surface area contributed by atoms with E-state index in [1.807, 2.05) is 25.7 Å². The Hall–Kier alpha value is -1.77. The number of hydrogen-bond acceptors (Lipinski definition) is 2. The van der Waals surface area contributed by atoms with Crippen LogP contribution >= 0.6 is 0 Å². The third-order valence-corrected chi connectivity index (χ3v) is 4.88. The van der Waals surface area contributed by atoms with E-state index in [9.17, 15) is 4.79 Å². The molecule has 3 heteroatoms. The van der Waals surface area contributed by atoms with Crippen LogP contribution in [0.2, 0.25) is 0 Å². The van der Waals surface area contributed by atoms with Gasteiger partial charge in [0.2, 0.25) is 0 Å². The Labute approximate surface area is 139 Å². The molecule has 2 unspecified atom stereocenters. The van der Waals surface area contributed by atoms with Crippen LogP contribution in [0.5, 0.6) is 0 Å². The number of carbonyl (C=O) groups is 1. The standard InChI is InChI=1S/C20H27NO2/c1-13-6-7-15(10-14(13)2)16-11-17-8-9-18(12-16)21(17)19(22)23-20(3,4)5/h6-7,10-11,17-18H,8-9,12H2,1-5H3. The van der Waals surface area contributed by atoms with Crippen molar-refractivity contribution in [3.63, 3.8) is 0 Å². The molecule has 2 bridgehead atoms. The molecule has 1 amide bonds. The van der Waals surface area contributed by atoms with Gasteiger partial charge in [-0.05, 0) is 76.1 Å². The molecule has 0 aliphatic carbocycles. The minimum absolute atomic E-state index is 0.166. The van der Waals surface area contributed by atoms with Gasteiger partial charge in [-0.15, -0.1) is 0 Å². The number of benzene rings is 1. The van der Waals surface area contributed by atoms with Crippen LogP contribution in [0, 0.1) is 13.8 Å². The minimum Gasteiger partial charge on any atom is -0.444 e. The molecule has 0 saturated carbocycles. The fourth-order valence-corrected chi connectivity index (χ4v) is 3.58. The van der Waals surface area contributed by atoms with Crippen molar-refractivity contribution < 1.29 is 9.53 Å². The average Bonchev–Trinajstić information content (AvgIpc) is 2.71. The van der Waals surface area contributed by atoms with Crippen molar-refractivity contribution in [2.45, 2.75) is 71.6 Å². The maximum absolute atomic E-state index is 12.5. The van der Waals surface area contributed by atoms with Crippen LogP contribution in [0.25, 0.3) is 5.57 Å². The third kappa shape index (κ3) is 3.29. The molecule has 0 aromatic heterocycles. The Kier molecular flexibility index (Phi) is 3.99. The van der Waals surface area contributed by atoms with Crippen molar-refractivity contribution in [1.29, 1.82) is 0 Å². The van der Waals surface area contributed by atoms with E-state index in [4.69, 9.17) is 4.74 Å². The topological polar surface area (TPSA) is 29.5 Å². The van der Waals surface area contributed by atoms with Crippen LogP contribution in [0.1, 0.15) is 56.7 Å². The van der Waals surface area contributed by atoms with Gasteiger partial charge in [0.05, 0.1) is 6.04 Å². The van der Waals surface area contributed by atoms with Crippen LogP contribution in [-0.2, 0) is 4.74 Å². The van der Waals surface area contributed by atoms with E-state index >= 15 is 0 Å². The summed E-state index contributed by atoms with van der Waals surface area (Å²) in [6, 6.07) is 7.12. The quantitative estimate of drug-likeness (QED) is 0.741. The SMILES string of the molecule is Cc1ccc(C2=CC3CCC(C2)N3C(=O)OC(C)(C)C)cc1C. The van der Waals surface area contributed by atoms with Gasteiger partial charge >= 0.3 is 6.09 Å². The number of carbonyl (C=O) groups excluding carboxylic acids is 1. The molecule has 2 heterocycles. The van der Waals surface area contributed by atoms with Crippen molar-refractivity contribution in [1.82, 2.24) is 4.90 Å². The highest BCUT2D eigenvalue weighted by Crippen LogP contribution is 2.39. The zero-order valence-electron chi connectivity index (χ0n) is 14.8. The fraction of sp³-hybridized carbons (Fsp3) is 0.550. The maximum Gasteiger partial charge on any atom is 0.411 e. The van der Waals surface area contributed by atoms with Gasteiger partial charge in [-0.1, -0.05) is 24.3 Å². The van der Waals surface area contributed by atoms with Gasteiger partial charge in [-0.25, -0.2) is 4.79 Å². The second-order valence-electron chi connectivity index (χ2n) is 7.88. The smallest absolute Gasteiger partial charge is 0.411 e. The van der Waals surface area contributed by atoms with Gasteiger partial charge in [-0.2, -0.15) is 0 Å². The summed E-state index contributed by atoms with van der Waals surface area (Å²) in [6.45, 7) is 10.1. The normalized spacial score (nSPS) is 23.7. The molecule has 2 aliphatic heterocycles. The van der Waals surface area contributed by atoms with Crippen LogP contribution < -0.4 is 0 Å². The molecule has 1 fully saturated rings. The maximum atomic E-state index is 12.5. The first-order valence-corrected chi connectivity index (χ1v) is 8.54. The lowest BCUT2D eigenvalue weighted by molar-refractivity contribution is 0.0175. The number of rotatable bonds is 1. The minimum atomic E-state index is -0.436. The Bertz CT molecular complexity index is 654. The summed E-state index contributed by atoms with van der Waals surface area (Å²) in [5.41, 5.74) is 4.89. The number of ether oxygens (including phenoxy) is 1. The molecular weight excluding hydrogens is 286 g/mol. The first kappa shape index (κ1) is 16.1. The van der Waals surface area contributed by atoms with Gasteiger partial charge in [0, 0.05) is 6.04 Å². The zero-order valence-corrected chi connectivity index (χ0v) is 14.8. The lowest BCUT2D eigenvalue weighted by Crippen LogP contribution is -2.45. The molecule has 0 N–H and O–H groups in total. The number of fused-ring (bicyclic) bond motifs is 2. The third-order valence-electron chi connectivity index (χ3n) is 4.88. The van der Waals surface area contributed by atoms with E-state index in [1.165, 1.54) is 22.3 Å². The summed E-state index contributed by atoms with van der Waals surface area (Å²) in [4.78, 5) is 14.4. The molecule has 1 saturated heterocycles. The van der Waals surface area contributed by atoms with E-state index in [2.05, 4.69) is 38.1 Å².